The highest BCUT2D eigenvalue weighted by Crippen LogP contribution is 2.38. The van der Waals surface area contributed by atoms with Gasteiger partial charge in [-0.25, -0.2) is 4.98 Å². The van der Waals surface area contributed by atoms with E-state index in [0.29, 0.717) is 5.15 Å². The number of aromatic nitrogens is 1. The Labute approximate surface area is 102 Å². The Balaban J connectivity index is 2.62. The first kappa shape index (κ1) is 11.6. The van der Waals surface area contributed by atoms with Crippen LogP contribution in [0.3, 0.4) is 0 Å². The maximum Gasteiger partial charge on any atom is 0.129 e. The van der Waals surface area contributed by atoms with Gasteiger partial charge in [0.1, 0.15) is 5.15 Å². The summed E-state index contributed by atoms with van der Waals surface area (Å²) in [6, 6.07) is 4.12. The van der Waals surface area contributed by atoms with Crippen molar-refractivity contribution >= 4 is 17.8 Å². The summed E-state index contributed by atoms with van der Waals surface area (Å²) < 4.78 is 0. The molecule has 0 N–H and O–H groups in total. The van der Waals surface area contributed by atoms with E-state index >= 15 is 0 Å². The molecule has 2 nitrogen and oxygen atoms in total. The molecule has 86 valence electrons. The largest absolute Gasteiger partial charge is 0.289 e. The third-order valence-electron chi connectivity index (χ3n) is 3.62. The lowest BCUT2D eigenvalue weighted by molar-refractivity contribution is 0.501. The average Bonchev–Trinajstić information content (AvgIpc) is 2.30. The zero-order chi connectivity index (χ0) is 11.8. The van der Waals surface area contributed by atoms with Gasteiger partial charge in [0.05, 0.1) is 11.7 Å². The normalized spacial score (nSPS) is 21.9. The maximum absolute atomic E-state index is 6.01. The van der Waals surface area contributed by atoms with Crippen molar-refractivity contribution in [3.63, 3.8) is 0 Å². The highest BCUT2D eigenvalue weighted by molar-refractivity contribution is 6.29. The van der Waals surface area contributed by atoms with Gasteiger partial charge >= 0.3 is 0 Å². The van der Waals surface area contributed by atoms with Crippen LogP contribution in [-0.2, 0) is 5.41 Å². The Morgan fingerprint density at radius 3 is 2.62 bits per heavy atom. The lowest BCUT2D eigenvalue weighted by Gasteiger charge is -2.33. The van der Waals surface area contributed by atoms with Crippen molar-refractivity contribution in [3.05, 3.63) is 28.5 Å². The van der Waals surface area contributed by atoms with Crippen LogP contribution in [-0.4, -0.2) is 11.2 Å². The summed E-state index contributed by atoms with van der Waals surface area (Å²) in [7, 11) is 0. The maximum atomic E-state index is 6.01. The van der Waals surface area contributed by atoms with E-state index in [-0.39, 0.29) is 11.5 Å². The van der Waals surface area contributed by atoms with Crippen molar-refractivity contribution in [2.75, 3.05) is 0 Å². The van der Waals surface area contributed by atoms with Gasteiger partial charge in [-0.2, -0.15) is 0 Å². The van der Waals surface area contributed by atoms with Gasteiger partial charge in [-0.05, 0) is 31.4 Å². The third kappa shape index (κ3) is 1.65. The Hall–Kier alpha value is -0.890. The molecular weight excluding hydrogens is 220 g/mol. The SMILES string of the molecule is CCC1(CC)C=NC(C)c2ccc(Cl)nc21. The second-order valence-corrected chi connectivity index (χ2v) is 4.78. The van der Waals surface area contributed by atoms with Crippen LogP contribution in [0.1, 0.15) is 50.9 Å². The minimum atomic E-state index is -0.0211. The van der Waals surface area contributed by atoms with E-state index in [1.54, 1.807) is 0 Å². The lowest BCUT2D eigenvalue weighted by Crippen LogP contribution is -2.32. The molecular formula is C13H17ClN2. The molecule has 0 fully saturated rings. The second kappa shape index (κ2) is 4.17. The topological polar surface area (TPSA) is 25.2 Å². The minimum absolute atomic E-state index is 0.0211. The molecule has 1 aromatic rings. The molecule has 1 aromatic heterocycles. The quantitative estimate of drug-likeness (QED) is 0.714. The van der Waals surface area contributed by atoms with Crippen LogP contribution >= 0.6 is 11.6 Å². The molecule has 2 heterocycles. The van der Waals surface area contributed by atoms with Crippen LogP contribution < -0.4 is 0 Å². The van der Waals surface area contributed by atoms with Crippen LogP contribution in [0, 0.1) is 0 Å². The third-order valence-corrected chi connectivity index (χ3v) is 3.83. The standard InChI is InChI=1S/C13H17ClN2/c1-4-13(5-2)8-15-9(3)10-6-7-11(14)16-12(10)13/h6-9H,4-5H2,1-3H3. The summed E-state index contributed by atoms with van der Waals surface area (Å²) in [5.41, 5.74) is 2.32. The predicted octanol–water partition coefficient (Wildman–Crippen LogP) is 3.94. The van der Waals surface area contributed by atoms with Crippen molar-refractivity contribution < 1.29 is 0 Å². The zero-order valence-electron chi connectivity index (χ0n) is 10.00. The Morgan fingerprint density at radius 2 is 2.00 bits per heavy atom. The number of hydrogen-bond acceptors (Lipinski definition) is 2. The summed E-state index contributed by atoms with van der Waals surface area (Å²) in [6.45, 7) is 6.45. The van der Waals surface area contributed by atoms with Gasteiger partial charge in [0.2, 0.25) is 0 Å². The first-order valence-corrected chi connectivity index (χ1v) is 6.22. The smallest absolute Gasteiger partial charge is 0.129 e. The van der Waals surface area contributed by atoms with E-state index in [4.69, 9.17) is 11.6 Å². The van der Waals surface area contributed by atoms with Gasteiger partial charge in [-0.3, -0.25) is 4.99 Å². The molecule has 0 radical (unpaired) electrons. The molecule has 1 atom stereocenters. The highest BCUT2D eigenvalue weighted by Gasteiger charge is 2.34. The summed E-state index contributed by atoms with van der Waals surface area (Å²) in [6.07, 6.45) is 4.10. The van der Waals surface area contributed by atoms with Crippen molar-refractivity contribution in [2.24, 2.45) is 4.99 Å². The molecule has 0 amide bonds. The second-order valence-electron chi connectivity index (χ2n) is 4.39. The number of hydrogen-bond donors (Lipinski definition) is 0. The van der Waals surface area contributed by atoms with Gasteiger partial charge in [0, 0.05) is 11.6 Å². The predicted molar refractivity (Wildman–Crippen MR) is 68.4 cm³/mol. The van der Waals surface area contributed by atoms with Crippen molar-refractivity contribution in [3.8, 4) is 0 Å². The molecule has 0 aliphatic carbocycles. The fourth-order valence-corrected chi connectivity index (χ4v) is 2.49. The van der Waals surface area contributed by atoms with E-state index in [9.17, 15) is 0 Å². The van der Waals surface area contributed by atoms with Crippen LogP contribution in [0.25, 0.3) is 0 Å². The van der Waals surface area contributed by atoms with Crippen LogP contribution in [0.15, 0.2) is 17.1 Å². The minimum Gasteiger partial charge on any atom is -0.289 e. The molecule has 0 aromatic carbocycles. The summed E-state index contributed by atoms with van der Waals surface area (Å²) in [4.78, 5) is 9.12. The Morgan fingerprint density at radius 1 is 1.31 bits per heavy atom. The van der Waals surface area contributed by atoms with Crippen LogP contribution in [0.5, 0.6) is 0 Å². The summed E-state index contributed by atoms with van der Waals surface area (Å²) in [5, 5.41) is 0.576. The zero-order valence-corrected chi connectivity index (χ0v) is 10.8. The number of aliphatic imine (C=N–C) groups is 1. The summed E-state index contributed by atoms with van der Waals surface area (Å²) >= 11 is 6.01. The Kier molecular flexibility index (Phi) is 3.02. The molecule has 1 aliphatic rings. The Bertz CT molecular complexity index is 422. The molecule has 0 saturated heterocycles. The van der Waals surface area contributed by atoms with E-state index in [1.807, 2.05) is 6.07 Å². The number of rotatable bonds is 2. The monoisotopic (exact) mass is 236 g/mol. The van der Waals surface area contributed by atoms with Crippen LogP contribution in [0.4, 0.5) is 0 Å². The van der Waals surface area contributed by atoms with Gasteiger partial charge in [-0.15, -0.1) is 0 Å². The van der Waals surface area contributed by atoms with Crippen molar-refractivity contribution in [1.29, 1.82) is 0 Å². The number of halogens is 1. The fourth-order valence-electron chi connectivity index (χ4n) is 2.35. The molecule has 0 spiro atoms. The molecule has 1 aliphatic heterocycles. The van der Waals surface area contributed by atoms with Gasteiger partial charge in [0.15, 0.2) is 0 Å². The lowest BCUT2D eigenvalue weighted by atomic mass is 9.75. The van der Waals surface area contributed by atoms with E-state index in [1.165, 1.54) is 5.56 Å². The number of fused-ring (bicyclic) bond motifs is 1. The van der Waals surface area contributed by atoms with Crippen LogP contribution in [0.2, 0.25) is 5.15 Å². The fraction of sp³-hybridized carbons (Fsp3) is 0.538. The van der Waals surface area contributed by atoms with Crippen molar-refractivity contribution in [1.82, 2.24) is 4.98 Å². The first-order chi connectivity index (χ1) is 7.63. The number of nitrogens with zero attached hydrogens (tertiary/aromatic N) is 2. The number of pyridine rings is 1. The van der Waals surface area contributed by atoms with E-state index in [0.717, 1.165) is 18.5 Å². The van der Waals surface area contributed by atoms with E-state index in [2.05, 4.69) is 43.0 Å². The first-order valence-electron chi connectivity index (χ1n) is 5.84. The molecule has 3 heteroatoms. The average molecular weight is 237 g/mol. The van der Waals surface area contributed by atoms with Crippen molar-refractivity contribution in [2.45, 2.75) is 45.1 Å². The van der Waals surface area contributed by atoms with E-state index < -0.39 is 0 Å². The highest BCUT2D eigenvalue weighted by atomic mass is 35.5. The van der Waals surface area contributed by atoms with Gasteiger partial charge in [0.25, 0.3) is 0 Å². The summed E-state index contributed by atoms with van der Waals surface area (Å²) in [5.74, 6) is 0. The molecule has 0 saturated carbocycles. The molecule has 2 rings (SSSR count). The molecule has 0 bridgehead atoms. The van der Waals surface area contributed by atoms with Gasteiger partial charge in [-0.1, -0.05) is 31.5 Å². The van der Waals surface area contributed by atoms with Gasteiger partial charge < -0.3 is 0 Å². The molecule has 1 unspecified atom stereocenters. The molecule has 16 heavy (non-hydrogen) atoms.